The summed E-state index contributed by atoms with van der Waals surface area (Å²) in [6.07, 6.45) is 17.7. The highest BCUT2D eigenvalue weighted by Gasteiger charge is 2.34. The second-order valence-corrected chi connectivity index (χ2v) is 6.30. The lowest BCUT2D eigenvalue weighted by molar-refractivity contribution is 0.493. The van der Waals surface area contributed by atoms with E-state index in [0.29, 0.717) is 0 Å². The van der Waals surface area contributed by atoms with E-state index in [2.05, 4.69) is 63.3 Å². The minimum atomic E-state index is -0.112. The summed E-state index contributed by atoms with van der Waals surface area (Å²) < 4.78 is 0. The Hall–Kier alpha value is -3.01. The van der Waals surface area contributed by atoms with E-state index in [9.17, 15) is 0 Å². The topological polar surface area (TPSA) is 54.5 Å². The number of H-pyrrole nitrogens is 1. The molecule has 0 fully saturated rings. The van der Waals surface area contributed by atoms with Gasteiger partial charge in [-0.15, -0.1) is 0 Å². The highest BCUT2D eigenvalue weighted by molar-refractivity contribution is 6.06. The summed E-state index contributed by atoms with van der Waals surface area (Å²) in [5.74, 6) is 1.02. The maximum absolute atomic E-state index is 4.56. The van der Waals surface area contributed by atoms with E-state index >= 15 is 0 Å². The van der Waals surface area contributed by atoms with Crippen LogP contribution in [0.3, 0.4) is 0 Å². The van der Waals surface area contributed by atoms with Crippen LogP contribution in [-0.2, 0) is 5.41 Å². The number of aromatic amines is 1. The van der Waals surface area contributed by atoms with Crippen LogP contribution >= 0.6 is 0 Å². The molecule has 3 aromatic heterocycles. The molecule has 3 heterocycles. The summed E-state index contributed by atoms with van der Waals surface area (Å²) >= 11 is 0. The summed E-state index contributed by atoms with van der Waals surface area (Å²) in [5.41, 5.74) is 4.70. The molecule has 0 amide bonds. The van der Waals surface area contributed by atoms with Gasteiger partial charge in [0.15, 0.2) is 0 Å². The zero-order chi connectivity index (χ0) is 17.1. The zero-order valence-corrected chi connectivity index (χ0v) is 14.2. The molecular formula is C21H20N4. The van der Waals surface area contributed by atoms with Gasteiger partial charge in [0.2, 0.25) is 0 Å². The first-order valence-electron chi connectivity index (χ1n) is 8.56. The average Bonchev–Trinajstić information content (AvgIpc) is 3.24. The Labute approximate surface area is 147 Å². The largest absolute Gasteiger partial charge is 0.348 e. The molecule has 4 nitrogen and oxygen atoms in total. The lowest BCUT2D eigenvalue weighted by Crippen LogP contribution is -2.26. The van der Waals surface area contributed by atoms with Gasteiger partial charge in [0, 0.05) is 37.2 Å². The van der Waals surface area contributed by atoms with Gasteiger partial charge >= 0.3 is 0 Å². The van der Waals surface area contributed by atoms with Crippen molar-refractivity contribution < 1.29 is 0 Å². The van der Waals surface area contributed by atoms with Gasteiger partial charge in [-0.25, -0.2) is 4.98 Å². The highest BCUT2D eigenvalue weighted by atomic mass is 14.9. The Morgan fingerprint density at radius 1 is 0.920 bits per heavy atom. The van der Waals surface area contributed by atoms with Crippen LogP contribution in [0.5, 0.6) is 0 Å². The summed E-state index contributed by atoms with van der Waals surface area (Å²) in [7, 11) is 0. The maximum atomic E-state index is 4.56. The van der Waals surface area contributed by atoms with Gasteiger partial charge in [-0.1, -0.05) is 19.1 Å². The Morgan fingerprint density at radius 2 is 1.56 bits per heavy atom. The molecule has 3 aromatic rings. The zero-order valence-electron chi connectivity index (χ0n) is 14.2. The van der Waals surface area contributed by atoms with Gasteiger partial charge in [0.25, 0.3) is 0 Å². The van der Waals surface area contributed by atoms with Crippen molar-refractivity contribution in [2.75, 3.05) is 0 Å². The molecule has 0 bridgehead atoms. The predicted molar refractivity (Wildman–Crippen MR) is 99.6 cm³/mol. The molecule has 0 radical (unpaired) electrons. The molecule has 1 aliphatic carbocycles. The fraction of sp³-hybridized carbons (Fsp3) is 0.190. The van der Waals surface area contributed by atoms with Crippen LogP contribution in [0.25, 0.3) is 11.1 Å². The minimum absolute atomic E-state index is 0.112. The molecule has 0 saturated heterocycles. The van der Waals surface area contributed by atoms with Crippen molar-refractivity contribution >= 4 is 11.1 Å². The Bertz CT molecular complexity index is 896. The van der Waals surface area contributed by atoms with E-state index in [1.807, 2.05) is 37.2 Å². The molecule has 4 heteroatoms. The van der Waals surface area contributed by atoms with Crippen LogP contribution in [0.1, 0.15) is 36.7 Å². The molecule has 1 N–H and O–H groups in total. The van der Waals surface area contributed by atoms with Gasteiger partial charge in [-0.2, -0.15) is 0 Å². The normalized spacial score (nSPS) is 20.0. The quantitative estimate of drug-likeness (QED) is 0.771. The lowest BCUT2D eigenvalue weighted by Gasteiger charge is -2.32. The number of hydrogen-bond donors (Lipinski definition) is 1. The number of nitrogens with zero attached hydrogens (tertiary/aromatic N) is 3. The number of nitrogens with one attached hydrogen (secondary N) is 1. The second-order valence-electron chi connectivity index (χ2n) is 6.30. The first-order chi connectivity index (χ1) is 12.3. The van der Waals surface area contributed by atoms with Gasteiger partial charge < -0.3 is 4.98 Å². The molecule has 1 atom stereocenters. The molecule has 4 rings (SSSR count). The van der Waals surface area contributed by atoms with Crippen molar-refractivity contribution in [2.24, 2.45) is 0 Å². The molecule has 1 unspecified atom stereocenters. The van der Waals surface area contributed by atoms with Crippen molar-refractivity contribution in [3.05, 3.63) is 90.5 Å². The van der Waals surface area contributed by atoms with Crippen molar-refractivity contribution in [3.8, 4) is 0 Å². The summed E-state index contributed by atoms with van der Waals surface area (Å²) in [6.45, 7) is 2.22. The number of rotatable bonds is 4. The monoisotopic (exact) mass is 328 g/mol. The standard InChI is InChI=1S/C21H20N4/c1-2-21(20-24-13-14-25-20)8-3-18(16-4-9-22-10-5-16)19(15-21)17-6-11-23-12-7-17/h3-7,9-15H,2,8H2,1H3,(H,24,25). The van der Waals surface area contributed by atoms with E-state index in [4.69, 9.17) is 0 Å². The van der Waals surface area contributed by atoms with Crippen molar-refractivity contribution in [3.63, 3.8) is 0 Å². The fourth-order valence-electron chi connectivity index (χ4n) is 3.50. The Balaban J connectivity index is 1.88. The SMILES string of the molecule is CCC1(c2ncc[nH]2)C=C(c2ccncc2)C(c2ccncc2)=CC1. The van der Waals surface area contributed by atoms with Gasteiger partial charge in [-0.05, 0) is 59.4 Å². The van der Waals surface area contributed by atoms with Crippen LogP contribution < -0.4 is 0 Å². The van der Waals surface area contributed by atoms with Gasteiger partial charge in [0.1, 0.15) is 5.82 Å². The third-order valence-electron chi connectivity index (χ3n) is 4.96. The van der Waals surface area contributed by atoms with E-state index in [1.54, 1.807) is 0 Å². The number of imidazole rings is 1. The third-order valence-corrected chi connectivity index (χ3v) is 4.96. The number of hydrogen-bond acceptors (Lipinski definition) is 3. The van der Waals surface area contributed by atoms with Crippen molar-refractivity contribution in [2.45, 2.75) is 25.2 Å². The fourth-order valence-corrected chi connectivity index (χ4v) is 3.50. The van der Waals surface area contributed by atoms with Crippen LogP contribution in [-0.4, -0.2) is 19.9 Å². The number of allylic oxidation sites excluding steroid dienone is 4. The van der Waals surface area contributed by atoms with E-state index in [1.165, 1.54) is 22.3 Å². The van der Waals surface area contributed by atoms with E-state index in [-0.39, 0.29) is 5.41 Å². The minimum Gasteiger partial charge on any atom is -0.348 e. The van der Waals surface area contributed by atoms with E-state index in [0.717, 1.165) is 18.7 Å². The predicted octanol–water partition coefficient (Wildman–Crippen LogP) is 4.42. The Kier molecular flexibility index (Phi) is 4.02. The van der Waals surface area contributed by atoms with Crippen LogP contribution in [0.4, 0.5) is 0 Å². The molecule has 0 saturated carbocycles. The van der Waals surface area contributed by atoms with Gasteiger partial charge in [0.05, 0.1) is 5.41 Å². The smallest absolute Gasteiger partial charge is 0.116 e. The average molecular weight is 328 g/mol. The van der Waals surface area contributed by atoms with Gasteiger partial charge in [-0.3, -0.25) is 9.97 Å². The van der Waals surface area contributed by atoms with Crippen LogP contribution in [0, 0.1) is 0 Å². The first-order valence-corrected chi connectivity index (χ1v) is 8.56. The summed E-state index contributed by atoms with van der Waals surface area (Å²) in [6, 6.07) is 8.25. The second kappa shape index (κ2) is 6.48. The van der Waals surface area contributed by atoms with Crippen molar-refractivity contribution in [1.29, 1.82) is 0 Å². The maximum Gasteiger partial charge on any atom is 0.116 e. The number of pyridine rings is 2. The number of aromatic nitrogens is 4. The first kappa shape index (κ1) is 15.5. The Morgan fingerprint density at radius 3 is 2.12 bits per heavy atom. The van der Waals surface area contributed by atoms with Crippen LogP contribution in [0.2, 0.25) is 0 Å². The molecule has 124 valence electrons. The molecule has 25 heavy (non-hydrogen) atoms. The molecule has 0 aliphatic heterocycles. The lowest BCUT2D eigenvalue weighted by atomic mass is 9.72. The van der Waals surface area contributed by atoms with Crippen LogP contribution in [0.15, 0.2) is 73.6 Å². The third kappa shape index (κ3) is 2.80. The van der Waals surface area contributed by atoms with Crippen molar-refractivity contribution in [1.82, 2.24) is 19.9 Å². The summed E-state index contributed by atoms with van der Waals surface area (Å²) in [4.78, 5) is 16.2. The molecular weight excluding hydrogens is 308 g/mol. The molecule has 0 aromatic carbocycles. The van der Waals surface area contributed by atoms with E-state index < -0.39 is 0 Å². The molecule has 0 spiro atoms. The summed E-state index contributed by atoms with van der Waals surface area (Å²) in [5, 5.41) is 0. The highest BCUT2D eigenvalue weighted by Crippen LogP contribution is 2.44. The molecule has 1 aliphatic rings.